The zero-order chi connectivity index (χ0) is 18.5. The van der Waals surface area contributed by atoms with Gasteiger partial charge in [-0.2, -0.15) is 0 Å². The van der Waals surface area contributed by atoms with Gasteiger partial charge < -0.3 is 19.9 Å². The van der Waals surface area contributed by atoms with Crippen molar-refractivity contribution < 1.29 is 14.3 Å². The van der Waals surface area contributed by atoms with Crippen LogP contribution < -0.4 is 10.6 Å². The molecule has 1 atom stereocenters. The van der Waals surface area contributed by atoms with Gasteiger partial charge >= 0.3 is 12.0 Å². The number of nitrogens with zero attached hydrogens (tertiary/aromatic N) is 1. The molecule has 6 nitrogen and oxygen atoms in total. The molecular formula is C19H25N3O3S. The van der Waals surface area contributed by atoms with E-state index in [9.17, 15) is 9.59 Å². The van der Waals surface area contributed by atoms with Gasteiger partial charge in [-0.05, 0) is 57.2 Å². The maximum atomic E-state index is 12.2. The van der Waals surface area contributed by atoms with Gasteiger partial charge in [0.2, 0.25) is 0 Å². The first kappa shape index (κ1) is 18.5. The molecule has 0 saturated carbocycles. The first-order valence-electron chi connectivity index (χ1n) is 9.08. The Morgan fingerprint density at radius 2 is 2.00 bits per heavy atom. The summed E-state index contributed by atoms with van der Waals surface area (Å²) in [5, 5.41) is 6.70. The number of nitrogens with one attached hydrogen (secondary N) is 2. The molecule has 3 rings (SSSR count). The number of amides is 2. The third-order valence-corrected chi connectivity index (χ3v) is 5.83. The van der Waals surface area contributed by atoms with Crippen molar-refractivity contribution in [2.45, 2.75) is 45.6 Å². The van der Waals surface area contributed by atoms with Crippen LogP contribution in [-0.4, -0.2) is 29.7 Å². The van der Waals surface area contributed by atoms with Gasteiger partial charge in [-0.3, -0.25) is 4.79 Å². The molecule has 2 aromatic heterocycles. The lowest BCUT2D eigenvalue weighted by Gasteiger charge is -2.20. The van der Waals surface area contributed by atoms with Gasteiger partial charge in [0.25, 0.3) is 0 Å². The second-order valence-electron chi connectivity index (χ2n) is 6.37. The van der Waals surface area contributed by atoms with E-state index in [1.54, 1.807) is 6.92 Å². The average molecular weight is 375 g/mol. The molecule has 0 aromatic carbocycles. The summed E-state index contributed by atoms with van der Waals surface area (Å²) >= 11 is 1.82. The Bertz CT molecular complexity index is 767. The standard InChI is InChI=1S/C19H25N3O3S/c1-3-25-16(23)12-20-19(24)21-13(2)17-14-8-4-5-9-15(14)26-18(17)22-10-6-7-11-22/h6-7,10-11,13H,3-5,8-9,12H2,1-2H3,(H2,20,21,24). The van der Waals surface area contributed by atoms with Crippen LogP contribution >= 0.6 is 11.3 Å². The van der Waals surface area contributed by atoms with Crippen LogP contribution in [0, 0.1) is 0 Å². The molecule has 2 N–H and O–H groups in total. The number of carbonyl (C=O) groups is 2. The number of esters is 1. The van der Waals surface area contributed by atoms with Crippen LogP contribution in [0.3, 0.4) is 0 Å². The van der Waals surface area contributed by atoms with Gasteiger partial charge in [-0.15, -0.1) is 11.3 Å². The second kappa shape index (κ2) is 8.40. The van der Waals surface area contributed by atoms with Gasteiger partial charge in [-0.1, -0.05) is 0 Å². The van der Waals surface area contributed by atoms with Crippen molar-refractivity contribution in [2.75, 3.05) is 13.2 Å². The van der Waals surface area contributed by atoms with Crippen molar-refractivity contribution >= 4 is 23.3 Å². The van der Waals surface area contributed by atoms with E-state index < -0.39 is 5.97 Å². The van der Waals surface area contributed by atoms with E-state index in [1.165, 1.54) is 33.8 Å². The minimum absolute atomic E-state index is 0.126. The highest BCUT2D eigenvalue weighted by molar-refractivity contribution is 7.15. The van der Waals surface area contributed by atoms with Gasteiger partial charge in [-0.25, -0.2) is 4.79 Å². The highest BCUT2D eigenvalue weighted by atomic mass is 32.1. The van der Waals surface area contributed by atoms with Crippen molar-refractivity contribution in [3.05, 3.63) is 40.5 Å². The SMILES string of the molecule is CCOC(=O)CNC(=O)NC(C)c1c(-n2cccc2)sc2c1CCCC2. The van der Waals surface area contributed by atoms with E-state index in [1.807, 2.05) is 42.8 Å². The van der Waals surface area contributed by atoms with Crippen LogP contribution in [0.2, 0.25) is 0 Å². The lowest BCUT2D eigenvalue weighted by Crippen LogP contribution is -2.40. The van der Waals surface area contributed by atoms with Crippen LogP contribution in [0.1, 0.15) is 48.7 Å². The Morgan fingerprint density at radius 1 is 1.27 bits per heavy atom. The molecule has 26 heavy (non-hydrogen) atoms. The zero-order valence-electron chi connectivity index (χ0n) is 15.2. The Hall–Kier alpha value is -2.28. The van der Waals surface area contributed by atoms with E-state index >= 15 is 0 Å². The number of aryl methyl sites for hydroxylation is 1. The molecule has 0 spiro atoms. The summed E-state index contributed by atoms with van der Waals surface area (Å²) in [5.74, 6) is -0.434. The minimum Gasteiger partial charge on any atom is -0.465 e. The number of urea groups is 1. The normalized spacial score (nSPS) is 14.4. The Balaban J connectivity index is 1.76. The van der Waals surface area contributed by atoms with E-state index in [2.05, 4.69) is 15.2 Å². The third kappa shape index (κ3) is 4.09. The fourth-order valence-corrected chi connectivity index (χ4v) is 4.82. The van der Waals surface area contributed by atoms with Crippen molar-refractivity contribution in [3.63, 3.8) is 0 Å². The first-order chi connectivity index (χ1) is 12.6. The van der Waals surface area contributed by atoms with Crippen LogP contribution in [0.5, 0.6) is 0 Å². The Kier molecular flexibility index (Phi) is 5.98. The molecule has 1 aliphatic rings. The maximum absolute atomic E-state index is 12.2. The monoisotopic (exact) mass is 375 g/mol. The third-order valence-electron chi connectivity index (χ3n) is 4.51. The highest BCUT2D eigenvalue weighted by Crippen LogP contribution is 2.40. The van der Waals surface area contributed by atoms with E-state index in [0.29, 0.717) is 6.61 Å². The predicted molar refractivity (Wildman–Crippen MR) is 102 cm³/mol. The van der Waals surface area contributed by atoms with Gasteiger partial charge in [0.1, 0.15) is 11.5 Å². The summed E-state index contributed by atoms with van der Waals surface area (Å²) in [6.07, 6.45) is 8.64. The lowest BCUT2D eigenvalue weighted by molar-refractivity contribution is -0.141. The molecule has 0 fully saturated rings. The number of ether oxygens (including phenoxy) is 1. The van der Waals surface area contributed by atoms with Crippen molar-refractivity contribution in [3.8, 4) is 5.00 Å². The van der Waals surface area contributed by atoms with Crippen LogP contribution in [0.25, 0.3) is 5.00 Å². The molecule has 7 heteroatoms. The Labute approximate surface area is 157 Å². The molecule has 0 radical (unpaired) electrons. The summed E-state index contributed by atoms with van der Waals surface area (Å²) in [7, 11) is 0. The van der Waals surface area contributed by atoms with E-state index in [-0.39, 0.29) is 18.6 Å². The largest absolute Gasteiger partial charge is 0.465 e. The van der Waals surface area contributed by atoms with Crippen LogP contribution in [0.15, 0.2) is 24.5 Å². The highest BCUT2D eigenvalue weighted by Gasteiger charge is 2.26. The van der Waals surface area contributed by atoms with Crippen LogP contribution in [0.4, 0.5) is 4.79 Å². The second-order valence-corrected chi connectivity index (χ2v) is 7.46. The molecule has 140 valence electrons. The molecule has 1 unspecified atom stereocenters. The smallest absolute Gasteiger partial charge is 0.325 e. The summed E-state index contributed by atoms with van der Waals surface area (Å²) in [4.78, 5) is 25.0. The first-order valence-corrected chi connectivity index (χ1v) is 9.89. The average Bonchev–Trinajstić information content (AvgIpc) is 3.27. The molecular weight excluding hydrogens is 350 g/mol. The molecule has 2 amide bonds. The molecule has 0 saturated heterocycles. The van der Waals surface area contributed by atoms with Crippen molar-refractivity contribution in [2.24, 2.45) is 0 Å². The number of aromatic nitrogens is 1. The maximum Gasteiger partial charge on any atom is 0.325 e. The summed E-state index contributed by atoms with van der Waals surface area (Å²) in [6, 6.07) is 3.51. The number of carbonyl (C=O) groups excluding carboxylic acids is 2. The number of thiophene rings is 1. The lowest BCUT2D eigenvalue weighted by atomic mass is 9.93. The van der Waals surface area contributed by atoms with Crippen molar-refractivity contribution in [1.29, 1.82) is 0 Å². The van der Waals surface area contributed by atoms with Crippen LogP contribution in [-0.2, 0) is 22.4 Å². The minimum atomic E-state index is -0.434. The van der Waals surface area contributed by atoms with Gasteiger partial charge in [0.15, 0.2) is 0 Å². The fraction of sp³-hybridized carbons (Fsp3) is 0.474. The zero-order valence-corrected chi connectivity index (χ0v) is 16.0. The van der Waals surface area contributed by atoms with Crippen molar-refractivity contribution in [1.82, 2.24) is 15.2 Å². The molecule has 0 bridgehead atoms. The quantitative estimate of drug-likeness (QED) is 0.761. The number of fused-ring (bicyclic) bond motifs is 1. The molecule has 2 aromatic rings. The molecule has 1 aliphatic carbocycles. The number of rotatable bonds is 6. The van der Waals surface area contributed by atoms with Gasteiger partial charge in [0.05, 0.1) is 12.6 Å². The summed E-state index contributed by atoms with van der Waals surface area (Å²) in [6.45, 7) is 3.91. The summed E-state index contributed by atoms with van der Waals surface area (Å²) < 4.78 is 6.95. The van der Waals surface area contributed by atoms with E-state index in [4.69, 9.17) is 4.74 Å². The fourth-order valence-electron chi connectivity index (χ4n) is 3.37. The Morgan fingerprint density at radius 3 is 2.73 bits per heavy atom. The topological polar surface area (TPSA) is 72.4 Å². The van der Waals surface area contributed by atoms with Gasteiger partial charge in [0, 0.05) is 22.8 Å². The predicted octanol–water partition coefficient (Wildman–Crippen LogP) is 3.34. The molecule has 0 aliphatic heterocycles. The summed E-state index contributed by atoms with van der Waals surface area (Å²) in [5.41, 5.74) is 2.57. The van der Waals surface area contributed by atoms with E-state index in [0.717, 1.165) is 12.8 Å². The molecule has 2 heterocycles. The number of hydrogen-bond donors (Lipinski definition) is 2. The number of hydrogen-bond acceptors (Lipinski definition) is 4.